The highest BCUT2D eigenvalue weighted by atomic mass is 19.4. The van der Waals surface area contributed by atoms with Gasteiger partial charge in [0.2, 0.25) is 65.0 Å². The third kappa shape index (κ3) is 30.4. The van der Waals surface area contributed by atoms with Crippen molar-refractivity contribution in [1.29, 1.82) is 0 Å². The first-order chi connectivity index (χ1) is 39.6. The van der Waals surface area contributed by atoms with Gasteiger partial charge in [0.15, 0.2) is 5.96 Å². The standard InChI is InChI=1S/C46H83N17O15.C2HF3O2/c1-23(56-39(72)28(49)12-6-8-16-47)36(69)55-24(2)37(70)59-30(14-10-18-52-46(50)51)40(73)60-29(13-7-9-17-48)41(74)61-31(22-64)42(75)58-26(4)45(78)63-19-11-15-32(63)43(76)57-25(3)38(71)62-35(27(5)65)44(77)54-20-33(66)53-21-34(67)68;3-2(4,5)1(6)7/h23-32,35,64-65H,6-22,47-49H2,1-5H3,(H,53,66)(H,54,77)(H,55,69)(H,56,72)(H,57,76)(H,58,75)(H,59,70)(H,60,73)(H,61,74)(H,62,71)(H,67,68)(H4,50,51,52);(H,6,7)/t23-,24-,25-,26-,27+,28-,29-,30-,31-,32-,35-;/m0./s1. The van der Waals surface area contributed by atoms with E-state index in [0.29, 0.717) is 45.1 Å². The summed E-state index contributed by atoms with van der Waals surface area (Å²) in [6, 6.07) is -13.1. The maximum atomic E-state index is 13.9. The summed E-state index contributed by atoms with van der Waals surface area (Å²) in [7, 11) is 0. The predicted molar refractivity (Wildman–Crippen MR) is 293 cm³/mol. The smallest absolute Gasteiger partial charge is 0.480 e. The summed E-state index contributed by atoms with van der Waals surface area (Å²) in [5.41, 5.74) is 28.0. The lowest BCUT2D eigenvalue weighted by Gasteiger charge is -2.29. The zero-order chi connectivity index (χ0) is 65.3. The van der Waals surface area contributed by atoms with Crippen molar-refractivity contribution in [2.24, 2.45) is 33.7 Å². The summed E-state index contributed by atoms with van der Waals surface area (Å²) in [5, 5.41) is 60.0. The van der Waals surface area contributed by atoms with Crippen LogP contribution < -0.4 is 81.8 Å². The van der Waals surface area contributed by atoms with Crippen molar-refractivity contribution in [1.82, 2.24) is 58.1 Å². The molecule has 0 unspecified atom stereocenters. The van der Waals surface area contributed by atoms with E-state index in [9.17, 15) is 80.9 Å². The number of carbonyl (C=O) groups excluding carboxylic acids is 11. The van der Waals surface area contributed by atoms with Crippen LogP contribution in [0.15, 0.2) is 4.99 Å². The van der Waals surface area contributed by atoms with Crippen LogP contribution in [-0.2, 0) is 62.3 Å². The molecule has 1 aliphatic rings. The number of guanidine groups is 1. The van der Waals surface area contributed by atoms with Crippen LogP contribution in [0.1, 0.15) is 98.8 Å². The molecular formula is C48H84F3N17O17. The summed E-state index contributed by atoms with van der Waals surface area (Å²) in [6.07, 6.45) is -3.74. The van der Waals surface area contributed by atoms with Gasteiger partial charge in [0.1, 0.15) is 60.9 Å². The molecule has 85 heavy (non-hydrogen) atoms. The SMILES string of the molecule is C[C@H](NC(=O)[C@H](C)NC(=O)[C@@H](N)CCCCN)C(=O)N[C@@H](CCCN=C(N)N)C(=O)N[C@@H](CCCCN)C(=O)N[C@@H](CO)C(=O)N[C@@H](C)C(=O)N1CCC[C@H]1C(=O)N[C@@H](C)C(=O)N[C@H](C(=O)NCC(=O)NCC(=O)O)[C@@H](C)O.O=C(O)C(F)(F)F. The second-order valence-electron chi connectivity index (χ2n) is 19.5. The van der Waals surface area contributed by atoms with Crippen LogP contribution in [0.2, 0.25) is 0 Å². The van der Waals surface area contributed by atoms with Gasteiger partial charge in [-0.25, -0.2) is 4.79 Å². The Morgan fingerprint density at radius 2 is 1.05 bits per heavy atom. The number of nitrogens with two attached hydrogens (primary N) is 5. The van der Waals surface area contributed by atoms with Gasteiger partial charge < -0.3 is 107 Å². The summed E-state index contributed by atoms with van der Waals surface area (Å²) in [4.78, 5) is 170. The van der Waals surface area contributed by atoms with Crippen LogP contribution in [-0.4, -0.2) is 227 Å². The number of alkyl halides is 3. The number of aliphatic hydroxyl groups excluding tert-OH is 2. The molecule has 0 radical (unpaired) electrons. The molecule has 0 aromatic heterocycles. The molecule has 34 nitrogen and oxygen atoms in total. The van der Waals surface area contributed by atoms with E-state index in [4.69, 9.17) is 43.7 Å². The van der Waals surface area contributed by atoms with Crippen LogP contribution >= 0.6 is 0 Å². The summed E-state index contributed by atoms with van der Waals surface area (Å²) < 4.78 is 31.7. The van der Waals surface area contributed by atoms with Gasteiger partial charge in [-0.05, 0) is 105 Å². The number of rotatable bonds is 36. The van der Waals surface area contributed by atoms with Gasteiger partial charge >= 0.3 is 18.1 Å². The lowest BCUT2D eigenvalue weighted by atomic mass is 10.1. The third-order valence-electron chi connectivity index (χ3n) is 12.3. The molecule has 1 fully saturated rings. The third-order valence-corrected chi connectivity index (χ3v) is 12.3. The minimum atomic E-state index is -5.08. The number of carboxylic acids is 2. The number of likely N-dealkylation sites (tertiary alicyclic amines) is 1. The van der Waals surface area contributed by atoms with Gasteiger partial charge in [-0.1, -0.05) is 6.42 Å². The molecule has 11 atom stereocenters. The fourth-order valence-corrected chi connectivity index (χ4v) is 7.50. The van der Waals surface area contributed by atoms with E-state index in [1.165, 1.54) is 34.6 Å². The predicted octanol–water partition coefficient (Wildman–Crippen LogP) is -8.10. The number of aliphatic imine (C=N–C) groups is 1. The molecule has 0 spiro atoms. The Hall–Kier alpha value is -8.03. The summed E-state index contributed by atoms with van der Waals surface area (Å²) >= 11 is 0. The van der Waals surface area contributed by atoms with Crippen molar-refractivity contribution in [3.63, 3.8) is 0 Å². The molecule has 24 N–H and O–H groups in total. The molecule has 0 aromatic rings. The number of nitrogens with zero attached hydrogens (tertiary/aromatic N) is 2. The number of nitrogens with one attached hydrogen (secondary N) is 10. The Balaban J connectivity index is 0.00000942. The lowest BCUT2D eigenvalue weighted by molar-refractivity contribution is -0.192. The Morgan fingerprint density at radius 3 is 1.55 bits per heavy atom. The second kappa shape index (κ2) is 39.5. The molecule has 1 rings (SSSR count). The number of hydrogen-bond acceptors (Lipinski definition) is 19. The highest BCUT2D eigenvalue weighted by Crippen LogP contribution is 2.19. The second-order valence-corrected chi connectivity index (χ2v) is 19.5. The van der Waals surface area contributed by atoms with Crippen LogP contribution in [0, 0.1) is 0 Å². The molecule has 1 aliphatic heterocycles. The van der Waals surface area contributed by atoms with E-state index < -0.39 is 169 Å². The van der Waals surface area contributed by atoms with E-state index in [0.717, 1.165) is 4.90 Å². The highest BCUT2D eigenvalue weighted by molar-refractivity contribution is 5.99. The average Bonchev–Trinajstić information content (AvgIpc) is 4.17. The fraction of sp³-hybridized carbons (Fsp3) is 0.708. The van der Waals surface area contributed by atoms with Crippen LogP contribution in [0.5, 0.6) is 0 Å². The van der Waals surface area contributed by atoms with Gasteiger partial charge in [-0.2, -0.15) is 13.2 Å². The Kier molecular flexibility index (Phi) is 35.8. The highest BCUT2D eigenvalue weighted by Gasteiger charge is 2.40. The zero-order valence-corrected chi connectivity index (χ0v) is 47.9. The maximum absolute atomic E-state index is 13.9. The Labute approximate surface area is 487 Å². The number of aliphatic hydroxyl groups is 2. The largest absolute Gasteiger partial charge is 0.490 e. The van der Waals surface area contributed by atoms with Gasteiger partial charge in [0, 0.05) is 13.1 Å². The number of halogens is 3. The summed E-state index contributed by atoms with van der Waals surface area (Å²) in [5.74, 6) is -13.6. The van der Waals surface area contributed by atoms with Crippen molar-refractivity contribution in [2.45, 2.75) is 172 Å². The molecule has 0 aliphatic carbocycles. The fourth-order valence-electron chi connectivity index (χ4n) is 7.50. The van der Waals surface area contributed by atoms with Crippen LogP contribution in [0.4, 0.5) is 13.2 Å². The number of carbonyl (C=O) groups is 13. The van der Waals surface area contributed by atoms with Crippen molar-refractivity contribution in [3.8, 4) is 0 Å². The molecule has 0 aromatic carbocycles. The molecule has 11 amide bonds. The Bertz CT molecular complexity index is 2320. The van der Waals surface area contributed by atoms with Gasteiger partial charge in [0.25, 0.3) is 0 Å². The normalized spacial score (nSPS) is 16.3. The zero-order valence-electron chi connectivity index (χ0n) is 47.9. The topological polar surface area (TPSA) is 569 Å². The van der Waals surface area contributed by atoms with E-state index in [1.54, 1.807) is 0 Å². The molecular weight excluding hydrogens is 1140 g/mol. The van der Waals surface area contributed by atoms with Gasteiger partial charge in [-0.3, -0.25) is 62.5 Å². The van der Waals surface area contributed by atoms with Crippen molar-refractivity contribution in [3.05, 3.63) is 0 Å². The number of carboxylic acid groups (broad SMARTS) is 2. The quantitative estimate of drug-likeness (QED) is 0.0157. The van der Waals surface area contributed by atoms with Gasteiger partial charge in [0.05, 0.1) is 25.3 Å². The first-order valence-corrected chi connectivity index (χ1v) is 26.9. The van der Waals surface area contributed by atoms with Crippen molar-refractivity contribution in [2.75, 3.05) is 45.9 Å². The summed E-state index contributed by atoms with van der Waals surface area (Å²) in [6.45, 7) is 4.84. The molecule has 37 heteroatoms. The molecule has 0 saturated carbocycles. The first-order valence-electron chi connectivity index (χ1n) is 26.9. The van der Waals surface area contributed by atoms with E-state index in [2.05, 4.69) is 52.8 Å². The molecule has 0 bridgehead atoms. The van der Waals surface area contributed by atoms with E-state index in [-0.39, 0.29) is 51.3 Å². The maximum Gasteiger partial charge on any atom is 0.490 e. The van der Waals surface area contributed by atoms with Crippen LogP contribution in [0.3, 0.4) is 0 Å². The van der Waals surface area contributed by atoms with E-state index >= 15 is 0 Å². The van der Waals surface area contributed by atoms with Gasteiger partial charge in [-0.15, -0.1) is 0 Å². The number of unbranched alkanes of at least 4 members (excludes halogenated alkanes) is 2. The minimum Gasteiger partial charge on any atom is -0.480 e. The van der Waals surface area contributed by atoms with E-state index in [1.807, 2.05) is 5.32 Å². The number of amides is 11. The van der Waals surface area contributed by atoms with Crippen molar-refractivity contribution < 1.29 is 95.9 Å². The Morgan fingerprint density at radius 1 is 0.588 bits per heavy atom. The van der Waals surface area contributed by atoms with Crippen LogP contribution in [0.25, 0.3) is 0 Å². The monoisotopic (exact) mass is 1230 g/mol. The van der Waals surface area contributed by atoms with Crippen molar-refractivity contribution >= 4 is 82.9 Å². The average molecular weight is 1230 g/mol. The lowest BCUT2D eigenvalue weighted by Crippen LogP contribution is -2.60. The minimum absolute atomic E-state index is 0.0301. The first kappa shape index (κ1) is 77.0. The number of hydrogen-bond donors (Lipinski definition) is 19. The molecule has 484 valence electrons. The molecule has 1 heterocycles. The number of aliphatic carboxylic acids is 2. The molecule has 1 saturated heterocycles.